The van der Waals surface area contributed by atoms with E-state index < -0.39 is 0 Å². The predicted octanol–water partition coefficient (Wildman–Crippen LogP) is 2.39. The molecule has 1 aromatic rings. The van der Waals surface area contributed by atoms with Crippen LogP contribution in [0.3, 0.4) is 0 Å². The minimum atomic E-state index is -0.181. The summed E-state index contributed by atoms with van der Waals surface area (Å²) in [6, 6.07) is 0. The minimum absolute atomic E-state index is 0.181. The molecule has 0 N–H and O–H groups in total. The van der Waals surface area contributed by atoms with Gasteiger partial charge in [0, 0.05) is 12.2 Å². The lowest BCUT2D eigenvalue weighted by atomic mass is 10.1. The molecule has 0 aliphatic rings. The molecule has 16 heavy (non-hydrogen) atoms. The third-order valence-electron chi connectivity index (χ3n) is 1.79. The van der Waals surface area contributed by atoms with Gasteiger partial charge in [0.15, 0.2) is 4.34 Å². The van der Waals surface area contributed by atoms with Crippen LogP contribution in [0.4, 0.5) is 0 Å². The predicted molar refractivity (Wildman–Crippen MR) is 65.8 cm³/mol. The summed E-state index contributed by atoms with van der Waals surface area (Å²) in [6.45, 7) is 4.32. The lowest BCUT2D eigenvalue weighted by Gasteiger charge is -1.97. The van der Waals surface area contributed by atoms with E-state index >= 15 is 0 Å². The van der Waals surface area contributed by atoms with E-state index in [4.69, 9.17) is 0 Å². The first-order valence-corrected chi connectivity index (χ1v) is 6.94. The van der Waals surface area contributed by atoms with E-state index in [1.54, 1.807) is 23.1 Å². The molecule has 1 rings (SSSR count). The molecule has 0 fully saturated rings. The number of hydrogen-bond acceptors (Lipinski definition) is 6. The molecule has 0 unspecified atom stereocenters. The summed E-state index contributed by atoms with van der Waals surface area (Å²) in [5.74, 6) is 1.11. The zero-order valence-electron chi connectivity index (χ0n) is 9.73. The summed E-state index contributed by atoms with van der Waals surface area (Å²) in [5, 5.41) is 9.24. The Morgan fingerprint density at radius 1 is 1.50 bits per heavy atom. The normalized spacial score (nSPS) is 10.8. The maximum absolute atomic E-state index is 10.9. The minimum Gasteiger partial charge on any atom is -0.469 e. The van der Waals surface area contributed by atoms with E-state index in [0.29, 0.717) is 18.1 Å². The van der Waals surface area contributed by atoms with Crippen LogP contribution in [0.25, 0.3) is 0 Å². The highest BCUT2D eigenvalue weighted by atomic mass is 32.2. The maximum Gasteiger partial charge on any atom is 0.306 e. The molecule has 0 bridgehead atoms. The zero-order valence-corrected chi connectivity index (χ0v) is 11.4. The maximum atomic E-state index is 10.9. The van der Waals surface area contributed by atoms with Gasteiger partial charge >= 0.3 is 5.97 Å². The van der Waals surface area contributed by atoms with Gasteiger partial charge in [-0.2, -0.15) is 0 Å². The fraction of sp³-hybridized carbons (Fsp3) is 0.700. The van der Waals surface area contributed by atoms with Crippen LogP contribution in [0.2, 0.25) is 0 Å². The number of hydrogen-bond donors (Lipinski definition) is 0. The third kappa shape index (κ3) is 4.94. The summed E-state index contributed by atoms with van der Waals surface area (Å²) < 4.78 is 5.49. The molecule has 0 aliphatic heterocycles. The molecule has 0 amide bonds. The number of esters is 1. The van der Waals surface area contributed by atoms with E-state index in [9.17, 15) is 4.79 Å². The van der Waals surface area contributed by atoms with E-state index in [-0.39, 0.29) is 5.97 Å². The molecule has 0 aromatic carbocycles. The second kappa shape index (κ2) is 6.85. The number of carbonyl (C=O) groups is 1. The molecule has 0 aliphatic carbocycles. The van der Waals surface area contributed by atoms with Crippen molar-refractivity contribution >= 4 is 29.1 Å². The van der Waals surface area contributed by atoms with Gasteiger partial charge in [0.2, 0.25) is 0 Å². The number of aromatic nitrogens is 2. The molecule has 0 spiro atoms. The average Bonchev–Trinajstić information content (AvgIpc) is 2.64. The number of methoxy groups -OCH3 is 1. The summed E-state index contributed by atoms with van der Waals surface area (Å²) in [7, 11) is 1.40. The summed E-state index contributed by atoms with van der Waals surface area (Å²) in [4.78, 5) is 10.9. The van der Waals surface area contributed by atoms with Crippen LogP contribution in [0.1, 0.15) is 25.3 Å². The SMILES string of the molecule is COC(=O)CCSc1nnc(CC(C)C)s1. The van der Waals surface area contributed by atoms with E-state index in [1.165, 1.54) is 7.11 Å². The van der Waals surface area contributed by atoms with Crippen molar-refractivity contribution in [2.75, 3.05) is 12.9 Å². The Morgan fingerprint density at radius 2 is 2.25 bits per heavy atom. The highest BCUT2D eigenvalue weighted by Gasteiger charge is 2.07. The van der Waals surface area contributed by atoms with Crippen molar-refractivity contribution in [2.24, 2.45) is 5.92 Å². The van der Waals surface area contributed by atoms with Gasteiger partial charge in [0.25, 0.3) is 0 Å². The van der Waals surface area contributed by atoms with Gasteiger partial charge in [-0.05, 0) is 5.92 Å². The Kier molecular flexibility index (Phi) is 5.76. The van der Waals surface area contributed by atoms with Crippen molar-refractivity contribution < 1.29 is 9.53 Å². The smallest absolute Gasteiger partial charge is 0.306 e. The zero-order chi connectivity index (χ0) is 12.0. The van der Waals surface area contributed by atoms with Crippen molar-refractivity contribution in [1.29, 1.82) is 0 Å². The van der Waals surface area contributed by atoms with Crippen LogP contribution >= 0.6 is 23.1 Å². The van der Waals surface area contributed by atoms with Crippen LogP contribution in [0, 0.1) is 5.92 Å². The molecule has 1 heterocycles. The summed E-state index contributed by atoms with van der Waals surface area (Å²) >= 11 is 3.17. The standard InChI is InChI=1S/C10H16N2O2S2/c1-7(2)6-8-11-12-10(16-8)15-5-4-9(13)14-3/h7H,4-6H2,1-3H3. The molecule has 0 atom stereocenters. The van der Waals surface area contributed by atoms with E-state index in [1.807, 2.05) is 0 Å². The molecule has 0 radical (unpaired) electrons. The second-order valence-corrected chi connectivity index (χ2v) is 6.14. The third-order valence-corrected chi connectivity index (χ3v) is 3.87. The number of ether oxygens (including phenoxy) is 1. The van der Waals surface area contributed by atoms with Crippen LogP contribution in [0.5, 0.6) is 0 Å². The Hall–Kier alpha value is -0.620. The lowest BCUT2D eigenvalue weighted by molar-refractivity contribution is -0.140. The van der Waals surface area contributed by atoms with Gasteiger partial charge in [0.05, 0.1) is 13.5 Å². The second-order valence-electron chi connectivity index (χ2n) is 3.73. The first kappa shape index (κ1) is 13.4. The fourth-order valence-corrected chi connectivity index (χ4v) is 3.15. The van der Waals surface area contributed by atoms with Crippen molar-refractivity contribution in [3.8, 4) is 0 Å². The molecule has 6 heteroatoms. The largest absolute Gasteiger partial charge is 0.469 e. The molecule has 0 saturated carbocycles. The van der Waals surface area contributed by atoms with E-state index in [0.717, 1.165) is 15.8 Å². The van der Waals surface area contributed by atoms with Crippen LogP contribution in [-0.2, 0) is 16.0 Å². The van der Waals surface area contributed by atoms with Gasteiger partial charge < -0.3 is 4.74 Å². The monoisotopic (exact) mass is 260 g/mol. The van der Waals surface area contributed by atoms with Crippen LogP contribution in [-0.4, -0.2) is 29.0 Å². The first-order chi connectivity index (χ1) is 7.61. The van der Waals surface area contributed by atoms with E-state index in [2.05, 4.69) is 28.8 Å². The highest BCUT2D eigenvalue weighted by molar-refractivity contribution is 8.01. The molecule has 1 aromatic heterocycles. The quantitative estimate of drug-likeness (QED) is 0.580. The number of thioether (sulfide) groups is 1. The Balaban J connectivity index is 2.32. The Bertz CT molecular complexity index is 339. The molecular formula is C10H16N2O2S2. The number of carbonyl (C=O) groups excluding carboxylic acids is 1. The molecular weight excluding hydrogens is 244 g/mol. The Morgan fingerprint density at radius 3 is 2.88 bits per heavy atom. The molecule has 90 valence electrons. The first-order valence-electron chi connectivity index (χ1n) is 5.13. The van der Waals surface area contributed by atoms with Gasteiger partial charge in [-0.1, -0.05) is 36.9 Å². The van der Waals surface area contributed by atoms with Gasteiger partial charge in [0.1, 0.15) is 5.01 Å². The van der Waals surface area contributed by atoms with Crippen LogP contribution < -0.4 is 0 Å². The summed E-state index contributed by atoms with van der Waals surface area (Å²) in [5.41, 5.74) is 0. The topological polar surface area (TPSA) is 52.1 Å². The highest BCUT2D eigenvalue weighted by Crippen LogP contribution is 2.24. The number of rotatable bonds is 6. The van der Waals surface area contributed by atoms with Gasteiger partial charge in [-0.25, -0.2) is 0 Å². The van der Waals surface area contributed by atoms with Crippen molar-refractivity contribution in [3.05, 3.63) is 5.01 Å². The van der Waals surface area contributed by atoms with Crippen molar-refractivity contribution in [3.63, 3.8) is 0 Å². The number of nitrogens with zero attached hydrogens (tertiary/aromatic N) is 2. The van der Waals surface area contributed by atoms with Gasteiger partial charge in [-0.15, -0.1) is 10.2 Å². The Labute approximate surface area is 104 Å². The fourth-order valence-electron chi connectivity index (χ4n) is 1.05. The lowest BCUT2D eigenvalue weighted by Crippen LogP contribution is -2.00. The van der Waals surface area contributed by atoms with Crippen molar-refractivity contribution in [2.45, 2.75) is 31.0 Å². The average molecular weight is 260 g/mol. The van der Waals surface area contributed by atoms with Gasteiger partial charge in [-0.3, -0.25) is 4.79 Å². The molecule has 4 nitrogen and oxygen atoms in total. The summed E-state index contributed by atoms with van der Waals surface area (Å²) in [6.07, 6.45) is 1.38. The molecule has 0 saturated heterocycles. The van der Waals surface area contributed by atoms with Crippen molar-refractivity contribution in [1.82, 2.24) is 10.2 Å². The van der Waals surface area contributed by atoms with Crippen LogP contribution in [0.15, 0.2) is 4.34 Å².